The van der Waals surface area contributed by atoms with Gasteiger partial charge in [-0.1, -0.05) is 29.8 Å². The summed E-state index contributed by atoms with van der Waals surface area (Å²) in [7, 11) is 0. The van der Waals surface area contributed by atoms with E-state index in [0.29, 0.717) is 0 Å². The van der Waals surface area contributed by atoms with Crippen LogP contribution in [-0.4, -0.2) is 45.7 Å². The van der Waals surface area contributed by atoms with Gasteiger partial charge in [-0.25, -0.2) is 23.1 Å². The molecule has 0 unspecified atom stereocenters. The number of pyridine rings is 1. The topological polar surface area (TPSA) is 132 Å². The fourth-order valence-corrected chi connectivity index (χ4v) is 5.98. The number of anilines is 2. The number of amides is 3. The Bertz CT molecular complexity index is 1860. The highest BCUT2D eigenvalue weighted by atomic mass is 35.5. The Morgan fingerprint density at radius 3 is 2.65 bits per heavy atom. The number of rotatable bonds is 8. The summed E-state index contributed by atoms with van der Waals surface area (Å²) >= 11 is 6.57. The molecule has 2 aliphatic rings. The number of nitrogens with one attached hydrogen (secondary N) is 1. The molecule has 10 nitrogen and oxygen atoms in total. The van der Waals surface area contributed by atoms with Crippen LogP contribution in [0, 0.1) is 17.1 Å². The van der Waals surface area contributed by atoms with Crippen LogP contribution >= 0.6 is 11.6 Å². The first-order valence-corrected chi connectivity index (χ1v) is 14.6. The van der Waals surface area contributed by atoms with Gasteiger partial charge >= 0.3 is 0 Å². The lowest BCUT2D eigenvalue weighted by molar-refractivity contribution is -0.133. The molecule has 6 rings (SSSR count). The van der Waals surface area contributed by atoms with Crippen molar-refractivity contribution in [3.05, 3.63) is 95.4 Å². The van der Waals surface area contributed by atoms with Gasteiger partial charge in [-0.3, -0.25) is 24.2 Å². The van der Waals surface area contributed by atoms with Gasteiger partial charge in [0.05, 0.1) is 17.8 Å². The van der Waals surface area contributed by atoms with Crippen LogP contribution < -0.4 is 15.1 Å². The molecule has 46 heavy (non-hydrogen) atoms. The first-order chi connectivity index (χ1) is 22.0. The quantitative estimate of drug-likeness (QED) is 0.264. The maximum Gasteiger partial charge on any atom is 0.252 e. The van der Waals surface area contributed by atoms with Crippen LogP contribution in [0.1, 0.15) is 42.9 Å². The fourth-order valence-electron chi connectivity index (χ4n) is 5.74. The second-order valence-electron chi connectivity index (χ2n) is 11.0. The van der Waals surface area contributed by atoms with Crippen molar-refractivity contribution in [1.29, 1.82) is 5.26 Å². The predicted molar refractivity (Wildman–Crippen MR) is 159 cm³/mol. The molecule has 14 heteroatoms. The van der Waals surface area contributed by atoms with Crippen molar-refractivity contribution in [2.45, 2.75) is 49.7 Å². The van der Waals surface area contributed by atoms with Crippen LogP contribution in [0.4, 0.5) is 24.7 Å². The molecule has 1 saturated carbocycles. The number of carbonyl (C=O) groups is 3. The Hall–Kier alpha value is -5.22. The smallest absolute Gasteiger partial charge is 0.252 e. The van der Waals surface area contributed by atoms with Crippen LogP contribution in [0.2, 0.25) is 5.02 Å². The van der Waals surface area contributed by atoms with Gasteiger partial charge in [0, 0.05) is 53.3 Å². The number of carbonyl (C=O) groups excluding carboxylic acids is 3. The van der Waals surface area contributed by atoms with E-state index in [0.717, 1.165) is 28.3 Å². The maximum atomic E-state index is 15.3. The minimum Gasteiger partial charge on any atom is -0.444 e. The molecular formula is C32H24ClF3N6O4. The second kappa shape index (κ2) is 12.3. The average Bonchev–Trinajstić information content (AvgIpc) is 3.69. The largest absolute Gasteiger partial charge is 0.444 e. The lowest BCUT2D eigenvalue weighted by Crippen LogP contribution is -2.56. The van der Waals surface area contributed by atoms with Gasteiger partial charge in [0.2, 0.25) is 11.8 Å². The lowest BCUT2D eigenvalue weighted by atomic mass is 9.87. The Kier molecular flexibility index (Phi) is 8.22. The first kappa shape index (κ1) is 30.8. The van der Waals surface area contributed by atoms with Gasteiger partial charge in [0.25, 0.3) is 11.8 Å². The maximum absolute atomic E-state index is 15.3. The Morgan fingerprint density at radius 2 is 1.96 bits per heavy atom. The van der Waals surface area contributed by atoms with Gasteiger partial charge in [-0.05, 0) is 42.8 Å². The van der Waals surface area contributed by atoms with E-state index >= 15 is 4.39 Å². The van der Waals surface area contributed by atoms with Crippen LogP contribution in [0.3, 0.4) is 0 Å². The van der Waals surface area contributed by atoms with Crippen LogP contribution in [0.5, 0.6) is 0 Å². The van der Waals surface area contributed by atoms with Crippen molar-refractivity contribution in [3.8, 4) is 17.4 Å². The van der Waals surface area contributed by atoms with Gasteiger partial charge in [-0.2, -0.15) is 5.26 Å². The Labute approximate surface area is 265 Å². The number of hydrogen-bond donors (Lipinski definition) is 1. The lowest BCUT2D eigenvalue weighted by Gasteiger charge is -2.39. The summed E-state index contributed by atoms with van der Waals surface area (Å²) in [6.07, 6.45) is 2.56. The number of oxazole rings is 1. The van der Waals surface area contributed by atoms with E-state index in [4.69, 9.17) is 16.0 Å². The molecule has 1 aliphatic carbocycles. The number of nitrogens with zero attached hydrogens (tertiary/aromatic N) is 5. The second-order valence-corrected chi connectivity index (χ2v) is 11.4. The van der Waals surface area contributed by atoms with E-state index < -0.39 is 60.4 Å². The number of halogens is 4. The van der Waals surface area contributed by atoms with E-state index in [1.165, 1.54) is 42.7 Å². The van der Waals surface area contributed by atoms with Gasteiger partial charge in [0.15, 0.2) is 12.2 Å². The standard InChI is InChI=1S/C32H24ClF3N6O4/c33-24-4-2-1-3-23(24)29(30(44)40-21-13-32(35,36)14-21)41(22-11-19(10-20(34)12-22)26-16-38-17-46-26)31(45)25-5-6-28(43)42(25)27-9-18(15-37)7-8-39-27/h1-4,7-12,16-17,21,25,29H,5-6,13-14H2,(H,40,44)/t25-,29-/m0/s1. The number of aromatic nitrogens is 2. The molecule has 0 spiro atoms. The van der Waals surface area contributed by atoms with Crippen LogP contribution in [0.15, 0.2) is 77.8 Å². The van der Waals surface area contributed by atoms with E-state index in [1.807, 2.05) is 6.07 Å². The molecule has 1 N–H and O–H groups in total. The third-order valence-electron chi connectivity index (χ3n) is 7.88. The molecular weight excluding hydrogens is 625 g/mol. The summed E-state index contributed by atoms with van der Waals surface area (Å²) in [5, 5.41) is 12.1. The van der Waals surface area contributed by atoms with Crippen molar-refractivity contribution < 1.29 is 32.0 Å². The molecule has 234 valence electrons. The van der Waals surface area contributed by atoms with Gasteiger partial charge < -0.3 is 9.73 Å². The zero-order valence-corrected chi connectivity index (χ0v) is 24.6. The molecule has 1 aliphatic heterocycles. The predicted octanol–water partition coefficient (Wildman–Crippen LogP) is 5.58. The molecule has 2 aromatic carbocycles. The average molecular weight is 649 g/mol. The summed E-state index contributed by atoms with van der Waals surface area (Å²) in [6, 6.07) is 10.8. The summed E-state index contributed by atoms with van der Waals surface area (Å²) in [5.41, 5.74) is 0.408. The zero-order chi connectivity index (χ0) is 32.6. The number of alkyl halides is 2. The zero-order valence-electron chi connectivity index (χ0n) is 23.9. The van der Waals surface area contributed by atoms with Crippen molar-refractivity contribution in [2.24, 2.45) is 0 Å². The van der Waals surface area contributed by atoms with Crippen molar-refractivity contribution in [1.82, 2.24) is 15.3 Å². The third kappa shape index (κ3) is 6.03. The number of nitriles is 1. The van der Waals surface area contributed by atoms with E-state index in [2.05, 4.69) is 15.3 Å². The Balaban J connectivity index is 1.50. The summed E-state index contributed by atoms with van der Waals surface area (Å²) in [6.45, 7) is 0. The Morgan fingerprint density at radius 1 is 1.17 bits per heavy atom. The first-order valence-electron chi connectivity index (χ1n) is 14.2. The number of hydrogen-bond acceptors (Lipinski definition) is 7. The van der Waals surface area contributed by atoms with E-state index in [1.54, 1.807) is 12.1 Å². The summed E-state index contributed by atoms with van der Waals surface area (Å²) in [5.74, 6) is -5.64. The molecule has 0 bridgehead atoms. The monoisotopic (exact) mass is 648 g/mol. The SMILES string of the molecule is N#Cc1ccnc(N2C(=O)CC[C@H]2C(=O)N(c2cc(F)cc(-c3cnco3)c2)[C@H](C(=O)NC2CC(F)(F)C2)c2ccccc2Cl)c1. The third-order valence-corrected chi connectivity index (χ3v) is 8.22. The highest BCUT2D eigenvalue weighted by Gasteiger charge is 2.48. The molecule has 3 heterocycles. The summed E-state index contributed by atoms with van der Waals surface area (Å²) < 4.78 is 48.1. The minimum atomic E-state index is -2.95. The van der Waals surface area contributed by atoms with Gasteiger partial charge in [-0.15, -0.1) is 0 Å². The molecule has 2 aromatic heterocycles. The minimum absolute atomic E-state index is 0.00259. The van der Waals surface area contributed by atoms with Crippen molar-refractivity contribution in [3.63, 3.8) is 0 Å². The molecule has 2 fully saturated rings. The normalized spacial score (nSPS) is 18.0. The fraction of sp³-hybridized carbons (Fsp3) is 0.250. The molecule has 1 saturated heterocycles. The van der Waals surface area contributed by atoms with Crippen LogP contribution in [0.25, 0.3) is 11.3 Å². The van der Waals surface area contributed by atoms with Gasteiger partial charge in [0.1, 0.15) is 23.7 Å². The van der Waals surface area contributed by atoms with Crippen LogP contribution in [-0.2, 0) is 14.4 Å². The molecule has 2 atom stereocenters. The van der Waals surface area contributed by atoms with E-state index in [-0.39, 0.29) is 51.8 Å². The highest BCUT2D eigenvalue weighted by molar-refractivity contribution is 6.31. The molecule has 4 aromatic rings. The van der Waals surface area contributed by atoms with E-state index in [9.17, 15) is 28.4 Å². The van der Waals surface area contributed by atoms with Crippen molar-refractivity contribution in [2.75, 3.05) is 9.80 Å². The molecule has 3 amide bonds. The van der Waals surface area contributed by atoms with Crippen molar-refractivity contribution >= 4 is 40.8 Å². The highest BCUT2D eigenvalue weighted by Crippen LogP contribution is 2.40. The summed E-state index contributed by atoms with van der Waals surface area (Å²) in [4.78, 5) is 52.3. The number of benzene rings is 2. The molecule has 0 radical (unpaired) electrons.